The first-order valence-electron chi connectivity index (χ1n) is 6.14. The summed E-state index contributed by atoms with van der Waals surface area (Å²) in [4.78, 5) is 11.7. The summed E-state index contributed by atoms with van der Waals surface area (Å²) in [5, 5.41) is 7.04. The first kappa shape index (κ1) is 12.1. The van der Waals surface area contributed by atoms with E-state index in [1.807, 2.05) is 19.2 Å². The van der Waals surface area contributed by atoms with E-state index < -0.39 is 0 Å². The Balaban J connectivity index is 1.69. The van der Waals surface area contributed by atoms with Crippen molar-refractivity contribution in [3.05, 3.63) is 18.5 Å². The van der Waals surface area contributed by atoms with Gasteiger partial charge in [-0.15, -0.1) is 0 Å². The molecular formula is C12H19N3O2. The van der Waals surface area contributed by atoms with Crippen LogP contribution in [0.15, 0.2) is 18.5 Å². The Morgan fingerprint density at radius 2 is 2.59 bits per heavy atom. The number of rotatable bonds is 5. The molecule has 0 spiro atoms. The van der Waals surface area contributed by atoms with Crippen LogP contribution in [-0.4, -0.2) is 34.4 Å². The van der Waals surface area contributed by atoms with Gasteiger partial charge in [0.25, 0.3) is 0 Å². The van der Waals surface area contributed by atoms with E-state index in [0.717, 1.165) is 19.4 Å². The average Bonchev–Trinajstić information content (AvgIpc) is 2.99. The van der Waals surface area contributed by atoms with Crippen LogP contribution in [0.25, 0.3) is 0 Å². The fourth-order valence-electron chi connectivity index (χ4n) is 2.06. The van der Waals surface area contributed by atoms with Crippen molar-refractivity contribution in [2.45, 2.75) is 44.9 Å². The van der Waals surface area contributed by atoms with Crippen LogP contribution >= 0.6 is 0 Å². The highest BCUT2D eigenvalue weighted by molar-refractivity contribution is 5.76. The second-order valence-electron chi connectivity index (χ2n) is 4.43. The number of ether oxygens (including phenoxy) is 1. The highest BCUT2D eigenvalue weighted by atomic mass is 16.5. The Morgan fingerprint density at radius 1 is 1.71 bits per heavy atom. The summed E-state index contributed by atoms with van der Waals surface area (Å²) in [6.07, 6.45) is 6.35. The van der Waals surface area contributed by atoms with E-state index in [4.69, 9.17) is 4.74 Å². The van der Waals surface area contributed by atoms with Crippen LogP contribution in [0.4, 0.5) is 0 Å². The van der Waals surface area contributed by atoms with Gasteiger partial charge in [0.05, 0.1) is 12.1 Å². The number of carbonyl (C=O) groups excluding carboxylic acids is 1. The molecule has 1 saturated heterocycles. The molecule has 1 amide bonds. The molecule has 1 aliphatic rings. The van der Waals surface area contributed by atoms with Gasteiger partial charge in [0, 0.05) is 32.0 Å². The van der Waals surface area contributed by atoms with E-state index in [1.165, 1.54) is 0 Å². The van der Waals surface area contributed by atoms with Crippen molar-refractivity contribution in [3.8, 4) is 0 Å². The molecule has 2 heterocycles. The van der Waals surface area contributed by atoms with E-state index in [1.54, 1.807) is 10.9 Å². The lowest BCUT2D eigenvalue weighted by Crippen LogP contribution is -2.41. The zero-order chi connectivity index (χ0) is 12.1. The lowest BCUT2D eigenvalue weighted by atomic mass is 10.1. The number of nitrogens with zero attached hydrogens (tertiary/aromatic N) is 2. The van der Waals surface area contributed by atoms with E-state index in [0.29, 0.717) is 13.0 Å². The summed E-state index contributed by atoms with van der Waals surface area (Å²) in [5.74, 6) is 0.0588. The number of hydrogen-bond donors (Lipinski definition) is 1. The zero-order valence-corrected chi connectivity index (χ0v) is 10.1. The van der Waals surface area contributed by atoms with Gasteiger partial charge in [0.15, 0.2) is 0 Å². The van der Waals surface area contributed by atoms with Crippen LogP contribution in [0, 0.1) is 0 Å². The van der Waals surface area contributed by atoms with Gasteiger partial charge in [0.2, 0.25) is 5.91 Å². The van der Waals surface area contributed by atoms with Crippen molar-refractivity contribution in [2.75, 3.05) is 6.61 Å². The van der Waals surface area contributed by atoms with Crippen molar-refractivity contribution < 1.29 is 9.53 Å². The summed E-state index contributed by atoms with van der Waals surface area (Å²) in [6.45, 7) is 3.44. The predicted molar refractivity (Wildman–Crippen MR) is 63.4 cm³/mol. The second kappa shape index (κ2) is 5.82. The van der Waals surface area contributed by atoms with E-state index in [2.05, 4.69) is 10.4 Å². The molecule has 0 radical (unpaired) electrons. The van der Waals surface area contributed by atoms with Crippen LogP contribution in [-0.2, 0) is 16.1 Å². The molecule has 94 valence electrons. The smallest absolute Gasteiger partial charge is 0.222 e. The third-order valence-electron chi connectivity index (χ3n) is 3.04. The summed E-state index contributed by atoms with van der Waals surface area (Å²) in [7, 11) is 0. The van der Waals surface area contributed by atoms with Crippen molar-refractivity contribution in [2.24, 2.45) is 0 Å². The average molecular weight is 237 g/mol. The molecule has 0 bridgehead atoms. The fraction of sp³-hybridized carbons (Fsp3) is 0.667. The molecule has 0 saturated carbocycles. The number of aryl methyl sites for hydroxylation is 1. The number of nitrogens with one attached hydrogen (secondary N) is 1. The first-order chi connectivity index (χ1) is 8.25. The monoisotopic (exact) mass is 237 g/mol. The maximum Gasteiger partial charge on any atom is 0.222 e. The number of amides is 1. The molecule has 1 N–H and O–H groups in total. The Labute approximate surface area is 101 Å². The van der Waals surface area contributed by atoms with Gasteiger partial charge in [-0.2, -0.15) is 5.10 Å². The quantitative estimate of drug-likeness (QED) is 0.829. The SMILES string of the molecule is C[C@H](NC(=O)CCn1cccn1)[C@H]1CCCO1. The fourth-order valence-corrected chi connectivity index (χ4v) is 2.06. The number of carbonyl (C=O) groups is 1. The maximum atomic E-state index is 11.7. The third kappa shape index (κ3) is 3.56. The molecule has 0 unspecified atom stereocenters. The lowest BCUT2D eigenvalue weighted by Gasteiger charge is -2.19. The normalized spacial score (nSPS) is 21.4. The molecule has 1 fully saturated rings. The molecule has 2 atom stereocenters. The van der Waals surface area contributed by atoms with Gasteiger partial charge in [0.1, 0.15) is 0 Å². The molecule has 5 heteroatoms. The Hall–Kier alpha value is -1.36. The first-order valence-corrected chi connectivity index (χ1v) is 6.14. The Kier molecular flexibility index (Phi) is 4.14. The van der Waals surface area contributed by atoms with Gasteiger partial charge >= 0.3 is 0 Å². The van der Waals surface area contributed by atoms with Crippen molar-refractivity contribution in [1.29, 1.82) is 0 Å². The molecule has 2 rings (SSSR count). The Bertz CT molecular complexity index is 345. The lowest BCUT2D eigenvalue weighted by molar-refractivity contribution is -0.122. The molecular weight excluding hydrogens is 218 g/mol. The molecule has 0 aromatic carbocycles. The van der Waals surface area contributed by atoms with Gasteiger partial charge in [-0.25, -0.2) is 0 Å². The van der Waals surface area contributed by atoms with Crippen molar-refractivity contribution in [1.82, 2.24) is 15.1 Å². The van der Waals surface area contributed by atoms with Gasteiger partial charge in [-0.3, -0.25) is 9.48 Å². The summed E-state index contributed by atoms with van der Waals surface area (Å²) >= 11 is 0. The van der Waals surface area contributed by atoms with Crippen LogP contribution in [0.3, 0.4) is 0 Å². The zero-order valence-electron chi connectivity index (χ0n) is 10.1. The third-order valence-corrected chi connectivity index (χ3v) is 3.04. The largest absolute Gasteiger partial charge is 0.376 e. The molecule has 1 aromatic heterocycles. The number of hydrogen-bond acceptors (Lipinski definition) is 3. The highest BCUT2D eigenvalue weighted by Gasteiger charge is 2.23. The second-order valence-corrected chi connectivity index (χ2v) is 4.43. The summed E-state index contributed by atoms with van der Waals surface area (Å²) in [6, 6.07) is 1.95. The predicted octanol–water partition coefficient (Wildman–Crippen LogP) is 0.957. The van der Waals surface area contributed by atoms with Crippen LogP contribution in [0.1, 0.15) is 26.2 Å². The van der Waals surface area contributed by atoms with E-state index in [-0.39, 0.29) is 18.1 Å². The summed E-state index contributed by atoms with van der Waals surface area (Å²) in [5.41, 5.74) is 0. The van der Waals surface area contributed by atoms with E-state index in [9.17, 15) is 4.79 Å². The van der Waals surface area contributed by atoms with Crippen molar-refractivity contribution >= 4 is 5.91 Å². The van der Waals surface area contributed by atoms with Gasteiger partial charge in [-0.1, -0.05) is 0 Å². The standard InChI is InChI=1S/C12H19N3O2/c1-10(11-4-2-9-17-11)14-12(16)5-8-15-7-3-6-13-15/h3,6-7,10-11H,2,4-5,8-9H2,1H3,(H,14,16)/t10-,11+/m0/s1. The molecule has 1 aliphatic heterocycles. The van der Waals surface area contributed by atoms with Crippen molar-refractivity contribution in [3.63, 3.8) is 0 Å². The molecule has 5 nitrogen and oxygen atoms in total. The minimum absolute atomic E-state index is 0.0588. The van der Waals surface area contributed by atoms with E-state index >= 15 is 0 Å². The summed E-state index contributed by atoms with van der Waals surface area (Å²) < 4.78 is 7.29. The van der Waals surface area contributed by atoms with Gasteiger partial charge < -0.3 is 10.1 Å². The van der Waals surface area contributed by atoms with Crippen LogP contribution in [0.2, 0.25) is 0 Å². The van der Waals surface area contributed by atoms with Gasteiger partial charge in [-0.05, 0) is 25.8 Å². The number of aromatic nitrogens is 2. The minimum Gasteiger partial charge on any atom is -0.376 e. The Morgan fingerprint density at radius 3 is 3.24 bits per heavy atom. The molecule has 17 heavy (non-hydrogen) atoms. The topological polar surface area (TPSA) is 56.2 Å². The maximum absolute atomic E-state index is 11.7. The minimum atomic E-state index is 0.0588. The molecule has 1 aromatic rings. The van der Waals surface area contributed by atoms with Crippen LogP contribution in [0.5, 0.6) is 0 Å². The molecule has 0 aliphatic carbocycles. The highest BCUT2D eigenvalue weighted by Crippen LogP contribution is 2.15. The van der Waals surface area contributed by atoms with Crippen LogP contribution < -0.4 is 5.32 Å².